The maximum Gasteiger partial charge on any atom is 0.247 e. The first-order chi connectivity index (χ1) is 13.0. The summed E-state index contributed by atoms with van der Waals surface area (Å²) in [4.78, 5) is 14.1. The van der Waals surface area contributed by atoms with Crippen LogP contribution < -0.4 is 4.74 Å². The Morgan fingerprint density at radius 2 is 1.78 bits per heavy atom. The van der Waals surface area contributed by atoms with E-state index in [-0.39, 0.29) is 5.91 Å². The normalized spacial score (nSPS) is 10.6. The number of methoxy groups -OCH3 is 1. The molecule has 6 nitrogen and oxygen atoms in total. The zero-order valence-electron chi connectivity index (χ0n) is 15.8. The van der Waals surface area contributed by atoms with Crippen LogP contribution in [0.3, 0.4) is 0 Å². The second-order valence-corrected chi connectivity index (χ2v) is 6.46. The van der Waals surface area contributed by atoms with E-state index in [0.717, 1.165) is 16.9 Å². The van der Waals surface area contributed by atoms with E-state index in [9.17, 15) is 4.79 Å². The van der Waals surface area contributed by atoms with Crippen LogP contribution in [0.1, 0.15) is 23.4 Å². The molecule has 0 aliphatic rings. The monoisotopic (exact) mass is 365 g/mol. The van der Waals surface area contributed by atoms with Crippen LogP contribution in [0.2, 0.25) is 0 Å². The second-order valence-electron chi connectivity index (χ2n) is 6.46. The van der Waals surface area contributed by atoms with Crippen LogP contribution in [0, 0.1) is 6.92 Å². The van der Waals surface area contributed by atoms with Gasteiger partial charge >= 0.3 is 0 Å². The molecule has 6 heteroatoms. The predicted molar refractivity (Wildman–Crippen MR) is 102 cm³/mol. The highest BCUT2D eigenvalue weighted by molar-refractivity contribution is 5.76. The van der Waals surface area contributed by atoms with E-state index in [2.05, 4.69) is 10.2 Å². The van der Waals surface area contributed by atoms with Crippen LogP contribution in [-0.2, 0) is 17.8 Å². The summed E-state index contributed by atoms with van der Waals surface area (Å²) in [7, 11) is 3.42. The van der Waals surface area contributed by atoms with Crippen LogP contribution in [0.15, 0.2) is 52.9 Å². The predicted octanol–water partition coefficient (Wildman–Crippen LogP) is 3.64. The third kappa shape index (κ3) is 4.94. The van der Waals surface area contributed by atoms with E-state index >= 15 is 0 Å². The molecule has 0 saturated heterocycles. The quantitative estimate of drug-likeness (QED) is 0.639. The number of amides is 1. The van der Waals surface area contributed by atoms with Gasteiger partial charge in [-0.15, -0.1) is 10.2 Å². The molecular formula is C21H23N3O3. The smallest absolute Gasteiger partial charge is 0.247 e. The maximum atomic E-state index is 12.4. The van der Waals surface area contributed by atoms with Crippen molar-refractivity contribution >= 4 is 5.91 Å². The minimum absolute atomic E-state index is 0.0286. The van der Waals surface area contributed by atoms with E-state index in [1.54, 1.807) is 19.1 Å². The Kier molecular flexibility index (Phi) is 5.86. The summed E-state index contributed by atoms with van der Waals surface area (Å²) >= 11 is 0. The summed E-state index contributed by atoms with van der Waals surface area (Å²) in [5.41, 5.74) is 3.09. The lowest BCUT2D eigenvalue weighted by molar-refractivity contribution is -0.130. The van der Waals surface area contributed by atoms with Crippen LogP contribution in [0.4, 0.5) is 0 Å². The van der Waals surface area contributed by atoms with E-state index in [4.69, 9.17) is 9.15 Å². The Morgan fingerprint density at radius 3 is 2.44 bits per heavy atom. The number of nitrogens with zero attached hydrogens (tertiary/aromatic N) is 3. The molecule has 27 heavy (non-hydrogen) atoms. The van der Waals surface area contributed by atoms with Crippen molar-refractivity contribution < 1.29 is 13.9 Å². The number of aromatic nitrogens is 2. The molecule has 1 amide bonds. The summed E-state index contributed by atoms with van der Waals surface area (Å²) in [6.07, 6.45) is 0.743. The number of aryl methyl sites for hydroxylation is 2. The molecule has 1 aromatic heterocycles. The molecule has 0 aliphatic heterocycles. The van der Waals surface area contributed by atoms with Crippen molar-refractivity contribution in [1.29, 1.82) is 0 Å². The van der Waals surface area contributed by atoms with Gasteiger partial charge in [0, 0.05) is 32.0 Å². The number of hydrogen-bond acceptors (Lipinski definition) is 5. The van der Waals surface area contributed by atoms with Crippen LogP contribution >= 0.6 is 0 Å². The molecule has 0 spiro atoms. The summed E-state index contributed by atoms with van der Waals surface area (Å²) in [5, 5.41) is 8.12. The SMILES string of the molecule is COc1ccc(CN(C)C(=O)CCc2nnc(-c3ccc(C)cc3)o2)cc1. The standard InChI is InChI=1S/C21H23N3O3/c1-15-4-8-17(9-5-15)21-23-22-19(27-21)12-13-20(25)24(2)14-16-6-10-18(26-3)11-7-16/h4-11H,12-14H2,1-3H3. The zero-order chi connectivity index (χ0) is 19.2. The van der Waals surface area contributed by atoms with Crippen molar-refractivity contribution in [2.75, 3.05) is 14.2 Å². The van der Waals surface area contributed by atoms with Gasteiger partial charge in [0.15, 0.2) is 0 Å². The number of hydrogen-bond donors (Lipinski definition) is 0. The van der Waals surface area contributed by atoms with Crippen molar-refractivity contribution in [3.63, 3.8) is 0 Å². The van der Waals surface area contributed by atoms with Crippen LogP contribution in [0.5, 0.6) is 5.75 Å². The molecule has 3 aromatic rings. The molecule has 0 aliphatic carbocycles. The first kappa shape index (κ1) is 18.6. The number of carbonyl (C=O) groups excluding carboxylic acids is 1. The molecule has 140 valence electrons. The van der Waals surface area contributed by atoms with Gasteiger partial charge in [-0.3, -0.25) is 4.79 Å². The van der Waals surface area contributed by atoms with Gasteiger partial charge in [-0.05, 0) is 36.8 Å². The highest BCUT2D eigenvalue weighted by atomic mass is 16.5. The van der Waals surface area contributed by atoms with E-state index in [1.807, 2.05) is 55.5 Å². The van der Waals surface area contributed by atoms with Gasteiger partial charge in [0.05, 0.1) is 7.11 Å². The fourth-order valence-corrected chi connectivity index (χ4v) is 2.67. The average Bonchev–Trinajstić information content (AvgIpc) is 3.16. The fourth-order valence-electron chi connectivity index (χ4n) is 2.67. The minimum Gasteiger partial charge on any atom is -0.497 e. The second kappa shape index (κ2) is 8.49. The summed E-state index contributed by atoms with van der Waals surface area (Å²) < 4.78 is 10.8. The van der Waals surface area contributed by atoms with Gasteiger partial charge in [0.2, 0.25) is 17.7 Å². The minimum atomic E-state index is 0.0286. The summed E-state index contributed by atoms with van der Waals surface area (Å²) in [6, 6.07) is 15.6. The Bertz CT molecular complexity index is 886. The molecular weight excluding hydrogens is 342 g/mol. The van der Waals surface area contributed by atoms with Crippen LogP contribution in [0.25, 0.3) is 11.5 Å². The lowest BCUT2D eigenvalue weighted by Crippen LogP contribution is -2.26. The van der Waals surface area contributed by atoms with Gasteiger partial charge in [-0.1, -0.05) is 29.8 Å². The first-order valence-corrected chi connectivity index (χ1v) is 8.81. The van der Waals surface area contributed by atoms with Crippen LogP contribution in [-0.4, -0.2) is 35.2 Å². The van der Waals surface area contributed by atoms with Crippen molar-refractivity contribution in [2.24, 2.45) is 0 Å². The maximum absolute atomic E-state index is 12.4. The van der Waals surface area contributed by atoms with Gasteiger partial charge in [-0.25, -0.2) is 0 Å². The molecule has 1 heterocycles. The molecule has 0 N–H and O–H groups in total. The first-order valence-electron chi connectivity index (χ1n) is 8.81. The molecule has 0 bridgehead atoms. The van der Waals surface area contributed by atoms with E-state index < -0.39 is 0 Å². The number of rotatable bonds is 7. The van der Waals surface area contributed by atoms with Gasteiger partial charge in [-0.2, -0.15) is 0 Å². The Hall–Kier alpha value is -3.15. The zero-order valence-corrected chi connectivity index (χ0v) is 15.8. The number of carbonyl (C=O) groups is 1. The molecule has 0 radical (unpaired) electrons. The van der Waals surface area contributed by atoms with Gasteiger partial charge in [0.25, 0.3) is 0 Å². The molecule has 0 unspecified atom stereocenters. The summed E-state index contributed by atoms with van der Waals surface area (Å²) in [6.45, 7) is 2.57. The van der Waals surface area contributed by atoms with Crippen molar-refractivity contribution in [1.82, 2.24) is 15.1 Å². The highest BCUT2D eigenvalue weighted by Crippen LogP contribution is 2.19. The molecule has 0 atom stereocenters. The third-order valence-corrected chi connectivity index (χ3v) is 4.32. The topological polar surface area (TPSA) is 68.5 Å². The lowest BCUT2D eigenvalue weighted by Gasteiger charge is -2.17. The van der Waals surface area contributed by atoms with Crippen molar-refractivity contribution in [3.05, 3.63) is 65.5 Å². The fraction of sp³-hybridized carbons (Fsp3) is 0.286. The Labute approximate surface area is 158 Å². The van der Waals surface area contributed by atoms with E-state index in [1.165, 1.54) is 5.56 Å². The molecule has 3 rings (SSSR count). The molecule has 0 saturated carbocycles. The molecule has 0 fully saturated rings. The van der Waals surface area contributed by atoms with Crippen molar-refractivity contribution in [2.45, 2.75) is 26.3 Å². The largest absolute Gasteiger partial charge is 0.497 e. The van der Waals surface area contributed by atoms with E-state index in [0.29, 0.717) is 31.2 Å². The Balaban J connectivity index is 1.53. The number of benzene rings is 2. The highest BCUT2D eigenvalue weighted by Gasteiger charge is 2.13. The summed E-state index contributed by atoms with van der Waals surface area (Å²) in [5.74, 6) is 1.77. The van der Waals surface area contributed by atoms with Crippen molar-refractivity contribution in [3.8, 4) is 17.2 Å². The third-order valence-electron chi connectivity index (χ3n) is 4.32. The van der Waals surface area contributed by atoms with Gasteiger partial charge in [0.1, 0.15) is 5.75 Å². The lowest BCUT2D eigenvalue weighted by atomic mass is 10.1. The average molecular weight is 365 g/mol. The molecule has 2 aromatic carbocycles. The van der Waals surface area contributed by atoms with Gasteiger partial charge < -0.3 is 14.1 Å². The Morgan fingerprint density at radius 1 is 1.07 bits per heavy atom. The number of ether oxygens (including phenoxy) is 1.